The monoisotopic (exact) mass is 418 g/mol. The second-order valence-corrected chi connectivity index (χ2v) is 8.48. The quantitative estimate of drug-likeness (QED) is 0.798. The smallest absolute Gasteiger partial charge is 0.407 e. The Morgan fingerprint density at radius 1 is 1.30 bits per heavy atom. The number of carbonyl (C=O) groups is 2. The van der Waals surface area contributed by atoms with E-state index in [-0.39, 0.29) is 23.8 Å². The Bertz CT molecular complexity index is 999. The predicted molar refractivity (Wildman–Crippen MR) is 110 cm³/mol. The molecule has 0 radical (unpaired) electrons. The molecule has 1 aromatic carbocycles. The topological polar surface area (TPSA) is 93.5 Å². The third-order valence-electron chi connectivity index (χ3n) is 4.95. The number of fused-ring (bicyclic) bond motifs is 1. The minimum atomic E-state index is -0.604. The maximum Gasteiger partial charge on any atom is 0.407 e. The van der Waals surface area contributed by atoms with Crippen LogP contribution in [0.15, 0.2) is 29.2 Å². The van der Waals surface area contributed by atoms with E-state index in [2.05, 4.69) is 15.2 Å². The number of halogens is 1. The number of amides is 1. The maximum absolute atomic E-state index is 13.7. The number of carbonyl (C=O) groups excluding carboxylic acids is 2. The fourth-order valence-corrected chi connectivity index (χ4v) is 3.49. The second-order valence-electron chi connectivity index (χ2n) is 8.48. The lowest BCUT2D eigenvalue weighted by Gasteiger charge is -2.32. The van der Waals surface area contributed by atoms with Gasteiger partial charge in [-0.15, -0.1) is 0 Å². The molecule has 0 saturated carbocycles. The number of Topliss-reactive ketones (excluding diaryl/α,β-unsaturated/α-hetero) is 1. The van der Waals surface area contributed by atoms with Crippen molar-refractivity contribution in [2.45, 2.75) is 39.3 Å². The molecule has 1 atom stereocenters. The third-order valence-corrected chi connectivity index (χ3v) is 4.95. The van der Waals surface area contributed by atoms with Gasteiger partial charge in [0.2, 0.25) is 0 Å². The van der Waals surface area contributed by atoms with Crippen molar-refractivity contribution in [3.8, 4) is 0 Å². The molecule has 1 N–H and O–H groups in total. The van der Waals surface area contributed by atoms with Crippen LogP contribution in [0.4, 0.5) is 9.18 Å². The van der Waals surface area contributed by atoms with E-state index in [1.165, 1.54) is 22.9 Å². The third kappa shape index (κ3) is 5.63. The number of alkyl carbamates (subject to hydrolysis) is 1. The standard InChI is InChI=1S/C21H27FN4O4/c1-21(2,3)30-20(29)24-11-14-13-25(7-6-18(14)27)8-9-26-17-10-15(22)4-5-16(17)23-12-19(26)28/h4-5,10,12,14H,6-9,11,13H2,1-3H3,(H,24,29). The zero-order valence-corrected chi connectivity index (χ0v) is 17.5. The summed E-state index contributed by atoms with van der Waals surface area (Å²) in [7, 11) is 0. The number of nitrogens with one attached hydrogen (secondary N) is 1. The summed E-state index contributed by atoms with van der Waals surface area (Å²) in [6, 6.07) is 4.15. The van der Waals surface area contributed by atoms with Gasteiger partial charge in [0.1, 0.15) is 17.2 Å². The molecule has 2 aromatic rings. The molecule has 8 nitrogen and oxygen atoms in total. The summed E-state index contributed by atoms with van der Waals surface area (Å²) in [5.74, 6) is -0.675. The Labute approximate surface area is 174 Å². The largest absolute Gasteiger partial charge is 0.444 e. The normalized spacial score (nSPS) is 17.9. The van der Waals surface area contributed by atoms with Crippen LogP contribution >= 0.6 is 0 Å². The molecule has 30 heavy (non-hydrogen) atoms. The van der Waals surface area contributed by atoms with E-state index in [1.807, 2.05) is 0 Å². The zero-order valence-electron chi connectivity index (χ0n) is 17.5. The first-order valence-corrected chi connectivity index (χ1v) is 9.99. The first-order valence-electron chi connectivity index (χ1n) is 9.99. The SMILES string of the molecule is CC(C)(C)OC(=O)NCC1CN(CCn2c(=O)cnc3ccc(F)cc32)CCC1=O. The van der Waals surface area contributed by atoms with Gasteiger partial charge in [-0.2, -0.15) is 0 Å². The van der Waals surface area contributed by atoms with Crippen molar-refractivity contribution in [2.75, 3.05) is 26.2 Å². The molecule has 0 bridgehead atoms. The van der Waals surface area contributed by atoms with E-state index in [0.29, 0.717) is 43.6 Å². The Balaban J connectivity index is 1.62. The van der Waals surface area contributed by atoms with E-state index < -0.39 is 17.5 Å². The highest BCUT2D eigenvalue weighted by atomic mass is 19.1. The van der Waals surface area contributed by atoms with Gasteiger partial charge in [0.15, 0.2) is 0 Å². The Morgan fingerprint density at radius 2 is 2.07 bits per heavy atom. The summed E-state index contributed by atoms with van der Waals surface area (Å²) in [5.41, 5.74) is 0.0829. The van der Waals surface area contributed by atoms with Crippen molar-refractivity contribution in [3.05, 3.63) is 40.6 Å². The first-order chi connectivity index (χ1) is 14.1. The molecule has 0 spiro atoms. The van der Waals surface area contributed by atoms with Crippen molar-refractivity contribution < 1.29 is 18.7 Å². The van der Waals surface area contributed by atoms with E-state index >= 15 is 0 Å². The number of ketones is 1. The van der Waals surface area contributed by atoms with Crippen LogP contribution in [0, 0.1) is 11.7 Å². The molecule has 1 aromatic heterocycles. The van der Waals surface area contributed by atoms with Crippen LogP contribution in [-0.4, -0.2) is 58.1 Å². The molecule has 9 heteroatoms. The highest BCUT2D eigenvalue weighted by molar-refractivity contribution is 5.83. The van der Waals surface area contributed by atoms with Crippen LogP contribution in [-0.2, 0) is 16.1 Å². The summed E-state index contributed by atoms with van der Waals surface area (Å²) >= 11 is 0. The van der Waals surface area contributed by atoms with Gasteiger partial charge in [-0.05, 0) is 39.0 Å². The number of ether oxygens (including phenoxy) is 1. The molecule has 1 amide bonds. The molecule has 1 saturated heterocycles. The molecule has 1 aliphatic heterocycles. The number of likely N-dealkylation sites (tertiary alicyclic amines) is 1. The first kappa shape index (κ1) is 21.9. The van der Waals surface area contributed by atoms with Gasteiger partial charge >= 0.3 is 6.09 Å². The highest BCUT2D eigenvalue weighted by Gasteiger charge is 2.28. The second kappa shape index (κ2) is 8.91. The Morgan fingerprint density at radius 3 is 2.80 bits per heavy atom. The van der Waals surface area contributed by atoms with Gasteiger partial charge in [-0.25, -0.2) is 14.2 Å². The minimum absolute atomic E-state index is 0.0934. The van der Waals surface area contributed by atoms with Crippen molar-refractivity contribution in [2.24, 2.45) is 5.92 Å². The minimum Gasteiger partial charge on any atom is -0.444 e. The Hall–Kier alpha value is -2.81. The number of nitrogens with zero attached hydrogens (tertiary/aromatic N) is 3. The van der Waals surface area contributed by atoms with Crippen molar-refractivity contribution in [1.29, 1.82) is 0 Å². The lowest BCUT2D eigenvalue weighted by Crippen LogP contribution is -2.47. The molecule has 1 fully saturated rings. The molecule has 2 heterocycles. The number of hydrogen-bond acceptors (Lipinski definition) is 6. The van der Waals surface area contributed by atoms with Crippen LogP contribution in [0.2, 0.25) is 0 Å². The molecular weight excluding hydrogens is 391 g/mol. The van der Waals surface area contributed by atoms with Crippen molar-refractivity contribution in [1.82, 2.24) is 19.8 Å². The molecule has 1 unspecified atom stereocenters. The number of piperidine rings is 1. The van der Waals surface area contributed by atoms with Crippen LogP contribution in [0.5, 0.6) is 0 Å². The number of aromatic nitrogens is 2. The fourth-order valence-electron chi connectivity index (χ4n) is 3.49. The number of hydrogen-bond donors (Lipinski definition) is 1. The molecular formula is C21H27FN4O4. The van der Waals surface area contributed by atoms with E-state index in [0.717, 1.165) is 0 Å². The maximum atomic E-state index is 13.7. The highest BCUT2D eigenvalue weighted by Crippen LogP contribution is 2.15. The predicted octanol–water partition coefficient (Wildman–Crippen LogP) is 1.95. The van der Waals surface area contributed by atoms with Gasteiger partial charge in [0, 0.05) is 45.1 Å². The lowest BCUT2D eigenvalue weighted by atomic mass is 9.96. The average molecular weight is 418 g/mol. The van der Waals surface area contributed by atoms with Gasteiger partial charge < -0.3 is 19.5 Å². The van der Waals surface area contributed by atoms with Gasteiger partial charge in [-0.1, -0.05) is 0 Å². The van der Waals surface area contributed by atoms with E-state index in [1.54, 1.807) is 26.8 Å². The van der Waals surface area contributed by atoms with Gasteiger partial charge in [-0.3, -0.25) is 9.59 Å². The molecule has 0 aliphatic carbocycles. The van der Waals surface area contributed by atoms with E-state index in [4.69, 9.17) is 4.74 Å². The fraction of sp³-hybridized carbons (Fsp3) is 0.524. The Kier molecular flexibility index (Phi) is 6.50. The van der Waals surface area contributed by atoms with Crippen molar-refractivity contribution in [3.63, 3.8) is 0 Å². The van der Waals surface area contributed by atoms with Crippen LogP contribution in [0.1, 0.15) is 27.2 Å². The average Bonchev–Trinajstić information content (AvgIpc) is 2.66. The van der Waals surface area contributed by atoms with E-state index in [9.17, 15) is 18.8 Å². The van der Waals surface area contributed by atoms with Crippen molar-refractivity contribution >= 4 is 22.9 Å². The lowest BCUT2D eigenvalue weighted by molar-refractivity contribution is -0.126. The van der Waals surface area contributed by atoms with Crippen LogP contribution in [0.25, 0.3) is 11.0 Å². The molecule has 162 valence electrons. The number of benzene rings is 1. The summed E-state index contributed by atoms with van der Waals surface area (Å²) < 4.78 is 20.4. The van der Waals surface area contributed by atoms with Crippen LogP contribution < -0.4 is 10.9 Å². The molecule has 3 rings (SSSR count). The van der Waals surface area contributed by atoms with Crippen LogP contribution in [0.3, 0.4) is 0 Å². The zero-order chi connectivity index (χ0) is 21.9. The number of rotatable bonds is 5. The summed E-state index contributed by atoms with van der Waals surface area (Å²) in [5, 5.41) is 2.66. The summed E-state index contributed by atoms with van der Waals surface area (Å²) in [6.45, 7) is 7.44. The summed E-state index contributed by atoms with van der Waals surface area (Å²) in [6.07, 6.45) is 1.05. The summed E-state index contributed by atoms with van der Waals surface area (Å²) in [4.78, 5) is 42.5. The molecule has 1 aliphatic rings. The van der Waals surface area contributed by atoms with Gasteiger partial charge in [0.25, 0.3) is 5.56 Å². The van der Waals surface area contributed by atoms with Gasteiger partial charge in [0.05, 0.1) is 17.2 Å².